The average Bonchev–Trinajstić information content (AvgIpc) is 1.58. The van der Waals surface area contributed by atoms with Crippen LogP contribution in [0.15, 0.2) is 446 Å². The van der Waals surface area contributed by atoms with Crippen molar-refractivity contribution in [3.63, 3.8) is 0 Å². The Hall–Kier alpha value is -15.6. The second-order valence-corrected chi connectivity index (χ2v) is 29.6. The van der Waals surface area contributed by atoms with E-state index in [1.165, 1.54) is 21.5 Å². The summed E-state index contributed by atoms with van der Waals surface area (Å²) in [6.45, 7) is 0. The van der Waals surface area contributed by atoms with Gasteiger partial charge >= 0.3 is 0 Å². The summed E-state index contributed by atoms with van der Waals surface area (Å²) < 4.78 is 17.2. The fraction of sp³-hybridized carbons (Fsp3) is 0. The number of furan rings is 2. The van der Waals surface area contributed by atoms with E-state index in [0.717, 1.165) is 179 Å². The molecule has 0 saturated carbocycles. The minimum absolute atomic E-state index is 0.888. The Morgan fingerprint density at radius 2 is 0.379 bits per heavy atom. The van der Waals surface area contributed by atoms with Gasteiger partial charge in [-0.1, -0.05) is 206 Å². The summed E-state index contributed by atoms with van der Waals surface area (Å²) in [6, 6.07) is 158. The number of aromatic nitrogens is 2. The highest BCUT2D eigenvalue weighted by Crippen LogP contribution is 2.47. The van der Waals surface area contributed by atoms with E-state index in [-0.39, 0.29) is 0 Å². The summed E-state index contributed by atoms with van der Waals surface area (Å²) in [5.41, 5.74) is 29.6. The standard InChI is InChI=1S/C108H72N6O2/c1-5-21-79(22-6-1)109(83-51-41-75(42-52-83)77-45-67-107-99(69-77)95-31-15-19-35-105(95)115-107)87-55-59-89(60-56-87)111(91-63-65-103-97(71-91)93-29-13-17-33-101(93)113(103)81-25-9-3-10-26-81)85-47-37-73(38-48-85)74-39-49-86(50-40-74)112(92-64-66-104-98(72-92)94-30-14-18-34-102(94)114(104)82-27-11-4-12-28-82)90-61-57-88(58-62-90)110(80-23-7-2-8-24-80)84-53-43-76(44-54-84)78-46-68-108-100(70-78)96-32-16-20-36-106(96)116-108/h1-72H. The maximum absolute atomic E-state index is 6.21. The Bertz CT molecular complexity index is 6960. The molecule has 0 atom stereocenters. The van der Waals surface area contributed by atoms with Crippen molar-refractivity contribution in [3.8, 4) is 44.8 Å². The maximum atomic E-state index is 6.21. The van der Waals surface area contributed by atoms with Crippen LogP contribution in [0.5, 0.6) is 0 Å². The van der Waals surface area contributed by atoms with Gasteiger partial charge in [-0.05, 0) is 264 Å². The van der Waals surface area contributed by atoms with Gasteiger partial charge in [0.05, 0.1) is 22.1 Å². The molecule has 0 N–H and O–H groups in total. The van der Waals surface area contributed by atoms with E-state index in [1.807, 2.05) is 24.3 Å². The van der Waals surface area contributed by atoms with Crippen LogP contribution in [-0.4, -0.2) is 9.13 Å². The number of nitrogens with zero attached hydrogens (tertiary/aromatic N) is 6. The van der Waals surface area contributed by atoms with Crippen LogP contribution in [0.3, 0.4) is 0 Å². The van der Waals surface area contributed by atoms with Crippen LogP contribution in [0.4, 0.5) is 68.2 Å². The van der Waals surface area contributed by atoms with Gasteiger partial charge in [-0.15, -0.1) is 0 Å². The summed E-state index contributed by atoms with van der Waals surface area (Å²) in [6.07, 6.45) is 0. The molecular formula is C108H72N6O2. The average molecular weight is 1490 g/mol. The monoisotopic (exact) mass is 1480 g/mol. The van der Waals surface area contributed by atoms with E-state index < -0.39 is 0 Å². The third-order valence-electron chi connectivity index (χ3n) is 22.9. The molecule has 546 valence electrons. The number of fused-ring (bicyclic) bond motifs is 12. The lowest BCUT2D eigenvalue weighted by Crippen LogP contribution is -2.12. The molecule has 22 aromatic rings. The summed E-state index contributed by atoms with van der Waals surface area (Å²) in [7, 11) is 0. The largest absolute Gasteiger partial charge is 0.456 e. The van der Waals surface area contributed by atoms with Crippen molar-refractivity contribution in [2.24, 2.45) is 0 Å². The van der Waals surface area contributed by atoms with Crippen molar-refractivity contribution < 1.29 is 8.83 Å². The molecule has 0 unspecified atom stereocenters. The molecule has 0 radical (unpaired) electrons. The zero-order chi connectivity index (χ0) is 76.6. The Morgan fingerprint density at radius 3 is 0.724 bits per heavy atom. The van der Waals surface area contributed by atoms with Crippen molar-refractivity contribution in [2.45, 2.75) is 0 Å². The van der Waals surface area contributed by atoms with Gasteiger partial charge in [0.15, 0.2) is 0 Å². The van der Waals surface area contributed by atoms with Crippen LogP contribution in [0.2, 0.25) is 0 Å². The van der Waals surface area contributed by atoms with Gasteiger partial charge in [0.2, 0.25) is 0 Å². The van der Waals surface area contributed by atoms with E-state index >= 15 is 0 Å². The normalized spacial score (nSPS) is 11.6. The molecule has 0 amide bonds. The molecule has 0 aliphatic heterocycles. The zero-order valence-corrected chi connectivity index (χ0v) is 63.1. The highest BCUT2D eigenvalue weighted by molar-refractivity contribution is 6.13. The first-order chi connectivity index (χ1) is 57.5. The fourth-order valence-electron chi connectivity index (χ4n) is 17.4. The van der Waals surface area contributed by atoms with Crippen molar-refractivity contribution in [1.82, 2.24) is 9.13 Å². The Balaban J connectivity index is 0.619. The van der Waals surface area contributed by atoms with Gasteiger partial charge in [-0.25, -0.2) is 0 Å². The zero-order valence-electron chi connectivity index (χ0n) is 63.1. The molecule has 22 rings (SSSR count). The number of para-hydroxylation sites is 8. The van der Waals surface area contributed by atoms with Gasteiger partial charge in [-0.3, -0.25) is 0 Å². The van der Waals surface area contributed by atoms with Crippen LogP contribution < -0.4 is 19.6 Å². The molecule has 4 aromatic heterocycles. The first-order valence-corrected chi connectivity index (χ1v) is 39.4. The third kappa shape index (κ3) is 11.9. The van der Waals surface area contributed by atoms with Gasteiger partial charge in [0.1, 0.15) is 22.3 Å². The summed E-state index contributed by atoms with van der Waals surface area (Å²) in [4.78, 5) is 9.46. The summed E-state index contributed by atoms with van der Waals surface area (Å²) >= 11 is 0. The predicted molar refractivity (Wildman–Crippen MR) is 485 cm³/mol. The van der Waals surface area contributed by atoms with Crippen molar-refractivity contribution >= 4 is 156 Å². The second kappa shape index (κ2) is 28.3. The quantitative estimate of drug-likeness (QED) is 0.0905. The highest BCUT2D eigenvalue weighted by atomic mass is 16.3. The molecule has 116 heavy (non-hydrogen) atoms. The molecule has 0 aliphatic rings. The highest BCUT2D eigenvalue weighted by Gasteiger charge is 2.24. The SMILES string of the molecule is c1ccc(N(c2ccc(-c3ccc4oc5ccccc5c4c3)cc2)c2ccc(N(c3ccc(-c4ccc(N(c5ccc(N(c6ccccc6)c6ccc(-c7ccc8oc9ccccc9c8c7)cc6)cc5)c5ccc6c(c5)c5ccccc5n6-c5ccccc5)cc4)cc3)c3ccc4c(c3)c3ccccc3n4-c3ccccc3)cc2)cc1. The van der Waals surface area contributed by atoms with E-state index in [1.54, 1.807) is 0 Å². The molecule has 0 aliphatic carbocycles. The molecule has 0 saturated heterocycles. The van der Waals surface area contributed by atoms with Crippen LogP contribution in [0, 0.1) is 0 Å². The van der Waals surface area contributed by atoms with E-state index in [2.05, 4.69) is 441 Å². The molecule has 8 nitrogen and oxygen atoms in total. The molecule has 8 heteroatoms. The minimum Gasteiger partial charge on any atom is -0.456 e. The first-order valence-electron chi connectivity index (χ1n) is 39.4. The topological polar surface area (TPSA) is 49.1 Å². The number of hydrogen-bond acceptors (Lipinski definition) is 6. The fourth-order valence-corrected chi connectivity index (χ4v) is 17.4. The van der Waals surface area contributed by atoms with Crippen molar-refractivity contribution in [2.75, 3.05) is 19.6 Å². The Kier molecular flexibility index (Phi) is 16.4. The van der Waals surface area contributed by atoms with Crippen molar-refractivity contribution in [3.05, 3.63) is 437 Å². The lowest BCUT2D eigenvalue weighted by atomic mass is 10.0. The van der Waals surface area contributed by atoms with Gasteiger partial charge in [0, 0.05) is 123 Å². The van der Waals surface area contributed by atoms with Gasteiger partial charge < -0.3 is 37.6 Å². The minimum atomic E-state index is 0.888. The van der Waals surface area contributed by atoms with Gasteiger partial charge in [0.25, 0.3) is 0 Å². The lowest BCUT2D eigenvalue weighted by molar-refractivity contribution is 0.668. The Morgan fingerprint density at radius 1 is 0.147 bits per heavy atom. The molecule has 0 spiro atoms. The molecule has 4 heterocycles. The molecular weight excluding hydrogens is 1410 g/mol. The number of hydrogen-bond donors (Lipinski definition) is 0. The first kappa shape index (κ1) is 67.3. The van der Waals surface area contributed by atoms with Gasteiger partial charge in [-0.2, -0.15) is 0 Å². The van der Waals surface area contributed by atoms with E-state index in [9.17, 15) is 0 Å². The smallest absolute Gasteiger partial charge is 0.135 e. The summed E-state index contributed by atoms with van der Waals surface area (Å²) in [5, 5.41) is 9.19. The predicted octanol–water partition coefficient (Wildman–Crippen LogP) is 30.6. The lowest BCUT2D eigenvalue weighted by Gasteiger charge is -2.29. The van der Waals surface area contributed by atoms with Crippen LogP contribution >= 0.6 is 0 Å². The van der Waals surface area contributed by atoms with Crippen molar-refractivity contribution in [1.29, 1.82) is 0 Å². The van der Waals surface area contributed by atoms with E-state index in [0.29, 0.717) is 0 Å². The molecule has 0 bridgehead atoms. The van der Waals surface area contributed by atoms with Crippen LogP contribution in [-0.2, 0) is 0 Å². The number of anilines is 12. The van der Waals surface area contributed by atoms with Crippen LogP contribution in [0.25, 0.3) is 132 Å². The number of benzene rings is 18. The Labute approximate surface area is 670 Å². The summed E-state index contributed by atoms with van der Waals surface area (Å²) in [5.74, 6) is 0. The van der Waals surface area contributed by atoms with E-state index in [4.69, 9.17) is 8.83 Å². The molecule has 18 aromatic carbocycles. The molecule has 0 fully saturated rings. The maximum Gasteiger partial charge on any atom is 0.135 e. The number of rotatable bonds is 17. The van der Waals surface area contributed by atoms with Crippen LogP contribution in [0.1, 0.15) is 0 Å². The third-order valence-corrected chi connectivity index (χ3v) is 22.9. The second-order valence-electron chi connectivity index (χ2n) is 29.6.